The molecular formula is C38H94O11. The number of ether oxygens (including phenoxy) is 1. The van der Waals surface area contributed by atoms with Crippen LogP contribution in [0.3, 0.4) is 0 Å². The molecule has 1 aromatic heterocycles. The summed E-state index contributed by atoms with van der Waals surface area (Å²) in [4.78, 5) is 12.9. The van der Waals surface area contributed by atoms with Gasteiger partial charge in [0.25, 0.3) is 0 Å². The molecule has 312 valence electrons. The van der Waals surface area contributed by atoms with Gasteiger partial charge >= 0.3 is 0 Å². The van der Waals surface area contributed by atoms with Gasteiger partial charge in [-0.2, -0.15) is 0 Å². The molecule has 4 rings (SSSR count). The minimum Gasteiger partial charge on any atom is -0.507 e. The number of phenols is 4. The van der Waals surface area contributed by atoms with Gasteiger partial charge in [-0.15, -0.1) is 0 Å². The van der Waals surface area contributed by atoms with Crippen molar-refractivity contribution in [3.63, 3.8) is 0 Å². The predicted molar refractivity (Wildman–Crippen MR) is 227 cm³/mol. The Balaban J connectivity index is -0.0000000409. The van der Waals surface area contributed by atoms with Gasteiger partial charge in [-0.05, 0) is 6.07 Å². The van der Waals surface area contributed by atoms with Crippen LogP contribution < -0.4 is 5.43 Å². The molecule has 2 aromatic carbocycles. The van der Waals surface area contributed by atoms with E-state index in [2.05, 4.69) is 0 Å². The van der Waals surface area contributed by atoms with Crippen LogP contribution in [0.4, 0.5) is 0 Å². The number of hydrogen-bond donors (Lipinski definition) is 8. The molecule has 0 radical (unpaired) electrons. The lowest BCUT2D eigenvalue weighted by Gasteiger charge is -2.40. The summed E-state index contributed by atoms with van der Waals surface area (Å²) in [7, 11) is 0. The smallest absolute Gasteiger partial charge is 0.204 e. The van der Waals surface area contributed by atoms with Gasteiger partial charge in [-0.3, -0.25) is 4.79 Å². The van der Waals surface area contributed by atoms with E-state index in [1.54, 1.807) is 0 Å². The van der Waals surface area contributed by atoms with E-state index in [0.717, 1.165) is 18.2 Å². The zero-order chi connectivity index (χ0) is 21.9. The van der Waals surface area contributed by atoms with Gasteiger partial charge in [0.15, 0.2) is 11.5 Å². The molecule has 49 heavy (non-hydrogen) atoms. The van der Waals surface area contributed by atoms with Crippen molar-refractivity contribution in [2.24, 2.45) is 0 Å². The van der Waals surface area contributed by atoms with Crippen molar-refractivity contribution in [2.75, 3.05) is 6.61 Å². The summed E-state index contributed by atoms with van der Waals surface area (Å²) in [5.41, 5.74) is -1.66. The first kappa shape index (κ1) is 104. The number of benzene rings is 2. The lowest BCUT2D eigenvalue weighted by molar-refractivity contribution is -0.232. The van der Waals surface area contributed by atoms with E-state index in [1.807, 2.05) is 0 Å². The van der Waals surface area contributed by atoms with Crippen molar-refractivity contribution in [3.8, 4) is 23.0 Å². The van der Waals surface area contributed by atoms with Crippen LogP contribution in [-0.4, -0.2) is 71.9 Å². The summed E-state index contributed by atoms with van der Waals surface area (Å²) in [5.74, 6) is -2.62. The highest BCUT2D eigenvalue weighted by Gasteiger charge is 2.46. The van der Waals surface area contributed by atoms with Crippen LogP contribution >= 0.6 is 0 Å². The molecule has 1 aliphatic heterocycles. The van der Waals surface area contributed by atoms with Gasteiger partial charge in [0.1, 0.15) is 58.6 Å². The molecule has 0 amide bonds. The fourth-order valence-corrected chi connectivity index (χ4v) is 3.64. The average molecular weight is 727 g/mol. The van der Waals surface area contributed by atoms with Crippen molar-refractivity contribution in [1.29, 1.82) is 0 Å². The van der Waals surface area contributed by atoms with Crippen LogP contribution in [0, 0.1) is 0 Å². The molecule has 5 atom stereocenters. The van der Waals surface area contributed by atoms with Gasteiger partial charge in [0.2, 0.25) is 5.43 Å². The molecule has 0 spiro atoms. The van der Waals surface area contributed by atoms with E-state index in [-0.39, 0.29) is 158 Å². The third kappa shape index (κ3) is 16.4. The summed E-state index contributed by atoms with van der Waals surface area (Å²) in [6.07, 6.45) is -8.16. The van der Waals surface area contributed by atoms with Crippen molar-refractivity contribution in [1.82, 2.24) is 0 Å². The Kier molecular flexibility index (Phi) is 79.7. The van der Waals surface area contributed by atoms with E-state index in [1.165, 1.54) is 0 Å². The minimum absolute atomic E-state index is 0. The third-order valence-electron chi connectivity index (χ3n) is 5.23. The molecule has 3 aromatic rings. The first-order valence-corrected chi connectivity index (χ1v) is 8.83. The maximum atomic E-state index is 12.9. The molecule has 1 fully saturated rings. The number of hydrogen-bond acceptors (Lipinski definition) is 11. The number of rotatable bonds is 2. The highest BCUT2D eigenvalue weighted by molar-refractivity contribution is 5.96. The summed E-state index contributed by atoms with van der Waals surface area (Å²) < 4.78 is 10.8. The van der Waals surface area contributed by atoms with Gasteiger partial charge in [0.05, 0.1) is 17.6 Å². The van der Waals surface area contributed by atoms with Crippen molar-refractivity contribution in [3.05, 3.63) is 34.0 Å². The molecule has 2 unspecified atom stereocenters. The first-order chi connectivity index (χ1) is 14.1. The van der Waals surface area contributed by atoms with Crippen LogP contribution in [0.25, 0.3) is 21.9 Å². The first-order valence-electron chi connectivity index (χ1n) is 8.83. The monoisotopic (exact) mass is 727 g/mol. The van der Waals surface area contributed by atoms with Crippen LogP contribution in [-0.2, 0) is 4.74 Å². The Labute approximate surface area is 306 Å². The van der Waals surface area contributed by atoms with E-state index in [0.29, 0.717) is 0 Å². The van der Waals surface area contributed by atoms with E-state index in [9.17, 15) is 45.6 Å². The van der Waals surface area contributed by atoms with Crippen LogP contribution in [0.15, 0.2) is 27.4 Å². The summed E-state index contributed by atoms with van der Waals surface area (Å²) in [6, 6.07) is 2.90. The molecule has 11 nitrogen and oxygen atoms in total. The van der Waals surface area contributed by atoms with Crippen LogP contribution in [0.1, 0.15) is 153 Å². The highest BCUT2D eigenvalue weighted by atomic mass is 16.5. The molecule has 1 aliphatic rings. The number of phenolic OH excluding ortho intramolecular Hbond substituents is 4. The standard InChI is InChI=1S/C19H18O11.19CH4/c20-4-11-15(25)17(27)18(28)19(30-11)12-8(23)3-10-13(16(12)26)14(24)5-1-6(21)7(22)2-9(5)29-10;;;;;;;;;;;;;;;;;;;/h1-3,11,15,17-23,25-28H,4H2;19*1H4/t11?,15-,17+,18?,19+;;;;;;;;;;;;;;;;;;;/m1.................../s1. The van der Waals surface area contributed by atoms with Crippen molar-refractivity contribution < 1.29 is 50.0 Å². The number of aliphatic hydroxyl groups excluding tert-OH is 4. The number of aromatic hydroxyl groups is 4. The molecule has 1 saturated heterocycles. The Bertz CT molecular complexity index is 1210. The zero-order valence-corrected chi connectivity index (χ0v) is 15.1. The summed E-state index contributed by atoms with van der Waals surface area (Å²) in [5, 5.41) is 79.4. The Morgan fingerprint density at radius 2 is 0.918 bits per heavy atom. The molecule has 2 heterocycles. The van der Waals surface area contributed by atoms with Crippen molar-refractivity contribution >= 4 is 21.9 Å². The molecule has 0 saturated carbocycles. The largest absolute Gasteiger partial charge is 0.507 e. The lowest BCUT2D eigenvalue weighted by Crippen LogP contribution is -2.55. The van der Waals surface area contributed by atoms with E-state index in [4.69, 9.17) is 9.15 Å². The van der Waals surface area contributed by atoms with E-state index >= 15 is 0 Å². The third-order valence-corrected chi connectivity index (χ3v) is 5.23. The Morgan fingerprint density at radius 3 is 1.33 bits per heavy atom. The fourth-order valence-electron chi connectivity index (χ4n) is 3.64. The summed E-state index contributed by atoms with van der Waals surface area (Å²) in [6.45, 7) is -0.730. The number of fused-ring (bicyclic) bond motifs is 2. The topological polar surface area (TPSA) is 201 Å². The van der Waals surface area contributed by atoms with Gasteiger partial charge in [-0.1, -0.05) is 141 Å². The predicted octanol–water partition coefficient (Wildman–Crippen LogP) is 11.4. The summed E-state index contributed by atoms with van der Waals surface area (Å²) >= 11 is 0. The van der Waals surface area contributed by atoms with E-state index < -0.39 is 76.5 Å². The molecule has 11 heteroatoms. The fraction of sp³-hybridized carbons (Fsp3) is 0.658. The maximum absolute atomic E-state index is 12.9. The second-order valence-electron chi connectivity index (χ2n) is 7.05. The van der Waals surface area contributed by atoms with Crippen LogP contribution in [0.2, 0.25) is 0 Å². The van der Waals surface area contributed by atoms with Crippen molar-refractivity contribution in [2.45, 2.75) is 172 Å². The van der Waals surface area contributed by atoms with Gasteiger partial charge in [0, 0.05) is 12.1 Å². The Morgan fingerprint density at radius 1 is 0.531 bits per heavy atom. The van der Waals surface area contributed by atoms with Gasteiger partial charge in [-0.25, -0.2) is 0 Å². The lowest BCUT2D eigenvalue weighted by atomic mass is 9.89. The molecule has 8 N–H and O–H groups in total. The highest BCUT2D eigenvalue weighted by Crippen LogP contribution is 2.45. The maximum Gasteiger partial charge on any atom is 0.204 e. The molecule has 0 aliphatic carbocycles. The second kappa shape index (κ2) is 37.7. The average Bonchev–Trinajstić information content (AvgIpc) is 2.69. The Hall–Kier alpha value is -3.09. The normalized spacial score (nSPS) is 16.5. The zero-order valence-electron chi connectivity index (χ0n) is 15.1. The molecule has 0 bridgehead atoms. The molecular weight excluding hydrogens is 632 g/mol. The SMILES string of the molecule is C.C.C.C.C.C.C.C.C.C.C.C.C.C.C.C.C.C.C.O=c1c2cc(O)c(O)cc2oc2cc(O)c([C@@H]3OC(CO)[C@@H](O)[C@H](O)C3O)c(O)c12. The van der Waals surface area contributed by atoms with Gasteiger partial charge < -0.3 is 50.0 Å². The minimum atomic E-state index is -1.81. The van der Waals surface area contributed by atoms with Crippen LogP contribution in [0.5, 0.6) is 23.0 Å². The number of aliphatic hydroxyl groups is 4. The quantitative estimate of drug-likeness (QED) is 0.0922. The second-order valence-corrected chi connectivity index (χ2v) is 7.05.